The van der Waals surface area contributed by atoms with Crippen molar-refractivity contribution in [3.05, 3.63) is 46.6 Å². The fourth-order valence-corrected chi connectivity index (χ4v) is 4.07. The van der Waals surface area contributed by atoms with Gasteiger partial charge < -0.3 is 9.80 Å². The Balaban J connectivity index is 1.63. The fourth-order valence-electron chi connectivity index (χ4n) is 3.09. The van der Waals surface area contributed by atoms with Gasteiger partial charge in [0.15, 0.2) is 5.16 Å². The Bertz CT molecular complexity index is 782. The Morgan fingerprint density at radius 1 is 1.23 bits per heavy atom. The van der Waals surface area contributed by atoms with Gasteiger partial charge in [-0.15, -0.1) is 0 Å². The van der Waals surface area contributed by atoms with Crippen molar-refractivity contribution in [3.8, 4) is 0 Å². The smallest absolute Gasteiger partial charge is 0.233 e. The molecule has 2 heterocycles. The Kier molecular flexibility index (Phi) is 6.38. The van der Waals surface area contributed by atoms with Crippen LogP contribution in [0.2, 0.25) is 5.15 Å². The second-order valence-electron chi connectivity index (χ2n) is 6.13. The summed E-state index contributed by atoms with van der Waals surface area (Å²) in [5.74, 6) is 1.23. The van der Waals surface area contributed by atoms with Crippen LogP contribution in [0.3, 0.4) is 0 Å². The highest BCUT2D eigenvalue weighted by Gasteiger charge is 2.21. The van der Waals surface area contributed by atoms with Crippen molar-refractivity contribution in [2.24, 2.45) is 0 Å². The van der Waals surface area contributed by atoms with E-state index >= 15 is 0 Å². The molecule has 1 aliphatic heterocycles. The number of thioether (sulfide) groups is 1. The first-order valence-electron chi connectivity index (χ1n) is 8.87. The van der Waals surface area contributed by atoms with Gasteiger partial charge in [0.05, 0.1) is 5.75 Å². The maximum Gasteiger partial charge on any atom is 0.233 e. The maximum absolute atomic E-state index is 12.6. The van der Waals surface area contributed by atoms with E-state index in [1.165, 1.54) is 22.9 Å². The normalized spacial score (nSPS) is 13.4. The zero-order valence-electron chi connectivity index (χ0n) is 15.1. The fraction of sp³-hybridized carbons (Fsp3) is 0.421. The highest BCUT2D eigenvalue weighted by Crippen LogP contribution is 2.23. The Morgan fingerprint density at radius 3 is 2.69 bits per heavy atom. The van der Waals surface area contributed by atoms with E-state index in [1.807, 2.05) is 11.0 Å². The van der Waals surface area contributed by atoms with Crippen LogP contribution in [0, 0.1) is 0 Å². The van der Waals surface area contributed by atoms with Crippen LogP contribution in [0.5, 0.6) is 0 Å². The van der Waals surface area contributed by atoms with E-state index in [4.69, 9.17) is 11.6 Å². The van der Waals surface area contributed by atoms with Gasteiger partial charge in [0.2, 0.25) is 5.91 Å². The molecule has 0 saturated heterocycles. The van der Waals surface area contributed by atoms with Gasteiger partial charge in [-0.3, -0.25) is 4.79 Å². The van der Waals surface area contributed by atoms with E-state index in [0.717, 1.165) is 31.9 Å². The summed E-state index contributed by atoms with van der Waals surface area (Å²) >= 11 is 7.49. The number of anilines is 1. The highest BCUT2D eigenvalue weighted by molar-refractivity contribution is 7.99. The molecule has 0 aliphatic carbocycles. The van der Waals surface area contributed by atoms with Crippen molar-refractivity contribution in [3.63, 3.8) is 0 Å². The van der Waals surface area contributed by atoms with E-state index in [1.54, 1.807) is 6.07 Å². The summed E-state index contributed by atoms with van der Waals surface area (Å²) in [6, 6.07) is 10.1. The summed E-state index contributed by atoms with van der Waals surface area (Å²) in [5, 5.41) is 0.953. The second-order valence-corrected chi connectivity index (χ2v) is 7.46. The Labute approximate surface area is 163 Å². The highest BCUT2D eigenvalue weighted by atomic mass is 35.5. The lowest BCUT2D eigenvalue weighted by Crippen LogP contribution is -2.37. The minimum absolute atomic E-state index is 0.109. The molecule has 138 valence electrons. The molecule has 0 saturated carbocycles. The number of benzene rings is 1. The summed E-state index contributed by atoms with van der Waals surface area (Å²) in [6.45, 7) is 7.28. The van der Waals surface area contributed by atoms with E-state index in [-0.39, 0.29) is 5.91 Å². The van der Waals surface area contributed by atoms with Crippen molar-refractivity contribution in [2.75, 3.05) is 30.3 Å². The van der Waals surface area contributed by atoms with E-state index < -0.39 is 0 Å². The van der Waals surface area contributed by atoms with Gasteiger partial charge in [0.25, 0.3) is 0 Å². The molecule has 1 aliphatic rings. The number of rotatable bonds is 6. The van der Waals surface area contributed by atoms with Crippen LogP contribution < -0.4 is 4.90 Å². The third-order valence-corrected chi connectivity index (χ3v) is 5.58. The van der Waals surface area contributed by atoms with Gasteiger partial charge in [-0.05, 0) is 31.4 Å². The van der Waals surface area contributed by atoms with Crippen LogP contribution in [-0.2, 0) is 17.8 Å². The number of nitrogens with zero attached hydrogens (tertiary/aromatic N) is 4. The largest absolute Gasteiger partial charge is 0.357 e. The quantitative estimate of drug-likeness (QED) is 0.428. The molecule has 0 fully saturated rings. The first kappa shape index (κ1) is 19.0. The molecule has 0 atom stereocenters. The number of carbonyl (C=O) groups excluding carboxylic acids is 1. The van der Waals surface area contributed by atoms with Crippen molar-refractivity contribution in [2.45, 2.75) is 32.0 Å². The minimum Gasteiger partial charge on any atom is -0.357 e. The van der Waals surface area contributed by atoms with Crippen molar-refractivity contribution in [1.82, 2.24) is 14.9 Å². The molecule has 1 amide bonds. The topological polar surface area (TPSA) is 49.3 Å². The average Bonchev–Trinajstić information content (AvgIpc) is 2.66. The average molecular weight is 391 g/mol. The molecule has 5 nitrogen and oxygen atoms in total. The standard InChI is InChI=1S/C19H23ClN4OS/c1-3-23(4-2)17-11-16(20)21-19(22-17)26-13-18(25)24-10-9-14-7-5-6-8-15(14)12-24/h5-8,11H,3-4,9-10,12-13H2,1-2H3. The molecule has 0 N–H and O–H groups in total. The molecule has 0 radical (unpaired) electrons. The van der Waals surface area contributed by atoms with Crippen molar-refractivity contribution in [1.29, 1.82) is 0 Å². The van der Waals surface area contributed by atoms with Gasteiger partial charge in [-0.25, -0.2) is 9.97 Å². The minimum atomic E-state index is 0.109. The summed E-state index contributed by atoms with van der Waals surface area (Å²) in [5.41, 5.74) is 2.58. The summed E-state index contributed by atoms with van der Waals surface area (Å²) in [4.78, 5) is 25.4. The van der Waals surface area contributed by atoms with Gasteiger partial charge in [0.1, 0.15) is 11.0 Å². The number of hydrogen-bond acceptors (Lipinski definition) is 5. The zero-order valence-corrected chi connectivity index (χ0v) is 16.7. The van der Waals surface area contributed by atoms with Gasteiger partial charge in [0, 0.05) is 32.2 Å². The lowest BCUT2D eigenvalue weighted by atomic mass is 10.00. The number of carbonyl (C=O) groups is 1. The van der Waals surface area contributed by atoms with Gasteiger partial charge in [-0.2, -0.15) is 0 Å². The van der Waals surface area contributed by atoms with Crippen LogP contribution in [-0.4, -0.2) is 46.2 Å². The molecule has 7 heteroatoms. The third-order valence-electron chi connectivity index (χ3n) is 4.56. The number of fused-ring (bicyclic) bond motifs is 1. The first-order chi connectivity index (χ1) is 12.6. The summed E-state index contributed by atoms with van der Waals surface area (Å²) in [6.07, 6.45) is 0.909. The van der Waals surface area contributed by atoms with E-state index in [9.17, 15) is 4.79 Å². The SMILES string of the molecule is CCN(CC)c1cc(Cl)nc(SCC(=O)N2CCc3ccccc3C2)n1. The number of halogens is 1. The molecule has 0 spiro atoms. The number of aromatic nitrogens is 2. The predicted molar refractivity (Wildman–Crippen MR) is 107 cm³/mol. The molecule has 1 aromatic carbocycles. The van der Waals surface area contributed by atoms with Crippen molar-refractivity contribution >= 4 is 35.1 Å². The van der Waals surface area contributed by atoms with E-state index in [2.05, 4.69) is 46.9 Å². The van der Waals surface area contributed by atoms with Crippen LogP contribution >= 0.6 is 23.4 Å². The lowest BCUT2D eigenvalue weighted by molar-refractivity contribution is -0.129. The van der Waals surface area contributed by atoms with E-state index in [0.29, 0.717) is 22.6 Å². The zero-order chi connectivity index (χ0) is 18.5. The number of amides is 1. The monoisotopic (exact) mass is 390 g/mol. The molecule has 26 heavy (non-hydrogen) atoms. The van der Waals surface area contributed by atoms with Crippen LogP contribution in [0.25, 0.3) is 0 Å². The van der Waals surface area contributed by atoms with Crippen LogP contribution in [0.15, 0.2) is 35.5 Å². The maximum atomic E-state index is 12.6. The van der Waals surface area contributed by atoms with Crippen molar-refractivity contribution < 1.29 is 4.79 Å². The summed E-state index contributed by atoms with van der Waals surface area (Å²) < 4.78 is 0. The van der Waals surface area contributed by atoms with Gasteiger partial charge >= 0.3 is 0 Å². The lowest BCUT2D eigenvalue weighted by Gasteiger charge is -2.28. The third kappa shape index (κ3) is 4.48. The molecule has 0 bridgehead atoms. The number of hydrogen-bond donors (Lipinski definition) is 0. The molecular formula is C19H23ClN4OS. The van der Waals surface area contributed by atoms with Crippen LogP contribution in [0.4, 0.5) is 5.82 Å². The Morgan fingerprint density at radius 2 is 1.96 bits per heavy atom. The Hall–Kier alpha value is -1.79. The predicted octanol–water partition coefficient (Wildman–Crippen LogP) is 3.65. The molecule has 0 unspecified atom stereocenters. The second kappa shape index (κ2) is 8.73. The molecular weight excluding hydrogens is 368 g/mol. The first-order valence-corrected chi connectivity index (χ1v) is 10.2. The molecule has 3 rings (SSSR count). The van der Waals surface area contributed by atoms with Crippen LogP contribution in [0.1, 0.15) is 25.0 Å². The summed E-state index contributed by atoms with van der Waals surface area (Å²) in [7, 11) is 0. The van der Waals surface area contributed by atoms with Gasteiger partial charge in [-0.1, -0.05) is 47.6 Å². The molecule has 1 aromatic heterocycles. The molecule has 2 aromatic rings.